The van der Waals surface area contributed by atoms with Gasteiger partial charge in [-0.25, -0.2) is 4.98 Å². The van der Waals surface area contributed by atoms with Crippen LogP contribution in [0.2, 0.25) is 0 Å². The Hall–Kier alpha value is -0.830. The molecule has 0 atom stereocenters. The molecule has 0 aliphatic heterocycles. The Bertz CT molecular complexity index is 485. The molecule has 0 radical (unpaired) electrons. The normalized spacial score (nSPS) is 12.3. The van der Waals surface area contributed by atoms with Gasteiger partial charge in [-0.05, 0) is 34.5 Å². The van der Waals surface area contributed by atoms with E-state index in [1.807, 2.05) is 24.4 Å². The number of hydrogen-bond acceptors (Lipinski definition) is 1. The van der Waals surface area contributed by atoms with E-state index in [-0.39, 0.29) is 5.41 Å². The van der Waals surface area contributed by atoms with Gasteiger partial charge in [0.1, 0.15) is 10.3 Å². The Morgan fingerprint density at radius 3 is 2.73 bits per heavy atom. The van der Waals surface area contributed by atoms with E-state index in [9.17, 15) is 0 Å². The molecular formula is C12H15BrN2. The standard InChI is InChI=1S/C12H15BrN2/c1-4-12(2,3)10-11(13)15-8-6-5-7-9(15)14-10/h5-8H,4H2,1-3H3. The van der Waals surface area contributed by atoms with Gasteiger partial charge in [-0.3, -0.25) is 4.40 Å². The molecule has 80 valence electrons. The average molecular weight is 267 g/mol. The zero-order valence-corrected chi connectivity index (χ0v) is 10.9. The molecule has 15 heavy (non-hydrogen) atoms. The molecule has 0 unspecified atom stereocenters. The van der Waals surface area contributed by atoms with Crippen LogP contribution >= 0.6 is 15.9 Å². The molecule has 0 saturated heterocycles. The van der Waals surface area contributed by atoms with E-state index < -0.39 is 0 Å². The van der Waals surface area contributed by atoms with Crippen LogP contribution in [-0.2, 0) is 5.41 Å². The molecule has 0 saturated carbocycles. The smallest absolute Gasteiger partial charge is 0.137 e. The number of hydrogen-bond donors (Lipinski definition) is 0. The maximum absolute atomic E-state index is 4.67. The van der Waals surface area contributed by atoms with Crippen molar-refractivity contribution in [2.24, 2.45) is 0 Å². The Balaban J connectivity index is 2.68. The zero-order valence-electron chi connectivity index (χ0n) is 9.29. The number of nitrogens with zero attached hydrogens (tertiary/aromatic N) is 2. The largest absolute Gasteiger partial charge is 0.294 e. The molecule has 2 aromatic rings. The van der Waals surface area contributed by atoms with E-state index >= 15 is 0 Å². The number of rotatable bonds is 2. The summed E-state index contributed by atoms with van der Waals surface area (Å²) >= 11 is 3.63. The van der Waals surface area contributed by atoms with Crippen molar-refractivity contribution in [3.63, 3.8) is 0 Å². The second-order valence-corrected chi connectivity index (χ2v) is 5.17. The van der Waals surface area contributed by atoms with Crippen LogP contribution in [0.3, 0.4) is 0 Å². The highest BCUT2D eigenvalue weighted by molar-refractivity contribution is 9.10. The topological polar surface area (TPSA) is 17.3 Å². The molecule has 0 fully saturated rings. The predicted molar refractivity (Wildman–Crippen MR) is 66.2 cm³/mol. The van der Waals surface area contributed by atoms with E-state index in [4.69, 9.17) is 0 Å². The third-order valence-corrected chi connectivity index (χ3v) is 3.75. The molecule has 0 N–H and O–H groups in total. The van der Waals surface area contributed by atoms with Gasteiger partial charge in [0.2, 0.25) is 0 Å². The first kappa shape index (κ1) is 10.7. The lowest BCUT2D eigenvalue weighted by Crippen LogP contribution is -2.16. The van der Waals surface area contributed by atoms with Crippen molar-refractivity contribution in [2.75, 3.05) is 0 Å². The van der Waals surface area contributed by atoms with Gasteiger partial charge in [0, 0.05) is 11.6 Å². The van der Waals surface area contributed by atoms with Crippen molar-refractivity contribution in [3.8, 4) is 0 Å². The number of aromatic nitrogens is 2. The van der Waals surface area contributed by atoms with Crippen molar-refractivity contribution in [3.05, 3.63) is 34.7 Å². The van der Waals surface area contributed by atoms with Crippen LogP contribution < -0.4 is 0 Å². The fourth-order valence-corrected chi connectivity index (χ4v) is 2.49. The maximum atomic E-state index is 4.67. The van der Waals surface area contributed by atoms with E-state index in [1.54, 1.807) is 0 Å². The lowest BCUT2D eigenvalue weighted by Gasteiger charge is -2.20. The highest BCUT2D eigenvalue weighted by atomic mass is 79.9. The van der Waals surface area contributed by atoms with Gasteiger partial charge < -0.3 is 0 Å². The van der Waals surface area contributed by atoms with Gasteiger partial charge in [0.25, 0.3) is 0 Å². The SMILES string of the molecule is CCC(C)(C)c1nc2ccccn2c1Br. The summed E-state index contributed by atoms with van der Waals surface area (Å²) in [4.78, 5) is 4.67. The van der Waals surface area contributed by atoms with Crippen LogP contribution in [0, 0.1) is 0 Å². The Morgan fingerprint density at radius 1 is 1.40 bits per heavy atom. The summed E-state index contributed by atoms with van der Waals surface area (Å²) in [7, 11) is 0. The van der Waals surface area contributed by atoms with E-state index in [0.717, 1.165) is 22.4 Å². The fourth-order valence-electron chi connectivity index (χ4n) is 1.56. The molecule has 3 heteroatoms. The lowest BCUT2D eigenvalue weighted by molar-refractivity contribution is 0.490. The second kappa shape index (κ2) is 3.63. The highest BCUT2D eigenvalue weighted by Gasteiger charge is 2.25. The van der Waals surface area contributed by atoms with Crippen LogP contribution in [0.25, 0.3) is 5.65 Å². The van der Waals surface area contributed by atoms with E-state index in [2.05, 4.69) is 46.1 Å². The van der Waals surface area contributed by atoms with E-state index in [0.29, 0.717) is 0 Å². The molecule has 0 aliphatic rings. The van der Waals surface area contributed by atoms with Gasteiger partial charge in [0.15, 0.2) is 0 Å². The summed E-state index contributed by atoms with van der Waals surface area (Å²) in [5, 5.41) is 0. The number of fused-ring (bicyclic) bond motifs is 1. The lowest BCUT2D eigenvalue weighted by atomic mass is 9.87. The zero-order chi connectivity index (χ0) is 11.1. The Morgan fingerprint density at radius 2 is 2.13 bits per heavy atom. The minimum Gasteiger partial charge on any atom is -0.294 e. The quantitative estimate of drug-likeness (QED) is 0.809. The van der Waals surface area contributed by atoms with E-state index in [1.165, 1.54) is 0 Å². The third kappa shape index (κ3) is 1.69. The molecule has 0 spiro atoms. The van der Waals surface area contributed by atoms with Crippen LogP contribution in [0.15, 0.2) is 29.0 Å². The maximum Gasteiger partial charge on any atom is 0.137 e. The molecule has 0 aliphatic carbocycles. The van der Waals surface area contributed by atoms with Gasteiger partial charge in [-0.1, -0.05) is 26.8 Å². The second-order valence-electron chi connectivity index (χ2n) is 4.42. The summed E-state index contributed by atoms with van der Waals surface area (Å²) in [6, 6.07) is 6.06. The Kier molecular flexibility index (Phi) is 2.59. The van der Waals surface area contributed by atoms with Crippen LogP contribution in [0.5, 0.6) is 0 Å². The molecule has 2 aromatic heterocycles. The van der Waals surface area contributed by atoms with Crippen LogP contribution in [-0.4, -0.2) is 9.38 Å². The van der Waals surface area contributed by atoms with Crippen LogP contribution in [0.4, 0.5) is 0 Å². The van der Waals surface area contributed by atoms with Crippen molar-refractivity contribution in [1.29, 1.82) is 0 Å². The van der Waals surface area contributed by atoms with Gasteiger partial charge >= 0.3 is 0 Å². The molecule has 2 rings (SSSR count). The number of halogens is 1. The van der Waals surface area contributed by atoms with Crippen molar-refractivity contribution >= 4 is 21.6 Å². The summed E-state index contributed by atoms with van der Waals surface area (Å²) in [6.45, 7) is 6.63. The monoisotopic (exact) mass is 266 g/mol. The van der Waals surface area contributed by atoms with Crippen LogP contribution in [0.1, 0.15) is 32.9 Å². The third-order valence-electron chi connectivity index (χ3n) is 3.00. The summed E-state index contributed by atoms with van der Waals surface area (Å²) in [5.74, 6) is 0. The minimum absolute atomic E-state index is 0.116. The first-order chi connectivity index (χ1) is 7.06. The van der Waals surface area contributed by atoms with Crippen molar-refractivity contribution in [1.82, 2.24) is 9.38 Å². The predicted octanol–water partition coefficient (Wildman–Crippen LogP) is 3.78. The van der Waals surface area contributed by atoms with Gasteiger partial charge in [0.05, 0.1) is 5.69 Å². The fraction of sp³-hybridized carbons (Fsp3) is 0.417. The molecule has 0 amide bonds. The first-order valence-electron chi connectivity index (χ1n) is 5.19. The van der Waals surface area contributed by atoms with Gasteiger partial charge in [-0.2, -0.15) is 0 Å². The Labute approximate surface area is 98.5 Å². The number of pyridine rings is 1. The molecule has 0 bridgehead atoms. The summed E-state index contributed by atoms with van der Waals surface area (Å²) < 4.78 is 3.15. The molecule has 0 aromatic carbocycles. The summed E-state index contributed by atoms with van der Waals surface area (Å²) in [6.07, 6.45) is 3.11. The minimum atomic E-state index is 0.116. The molecular weight excluding hydrogens is 252 g/mol. The average Bonchev–Trinajstić information content (AvgIpc) is 2.58. The molecule has 2 heterocycles. The van der Waals surface area contributed by atoms with Crippen molar-refractivity contribution < 1.29 is 0 Å². The highest BCUT2D eigenvalue weighted by Crippen LogP contribution is 2.32. The molecule has 2 nitrogen and oxygen atoms in total. The first-order valence-corrected chi connectivity index (χ1v) is 5.98. The van der Waals surface area contributed by atoms with Crippen molar-refractivity contribution in [2.45, 2.75) is 32.6 Å². The number of imidazole rings is 1. The van der Waals surface area contributed by atoms with Gasteiger partial charge in [-0.15, -0.1) is 0 Å². The summed E-state index contributed by atoms with van der Waals surface area (Å²) in [5.41, 5.74) is 2.25.